The van der Waals surface area contributed by atoms with Crippen molar-refractivity contribution in [3.05, 3.63) is 58.1 Å². The second kappa shape index (κ2) is 4.89. The lowest BCUT2D eigenvalue weighted by Crippen LogP contribution is -2.32. The van der Waals surface area contributed by atoms with E-state index in [9.17, 15) is 23.1 Å². The molecule has 23 heavy (non-hydrogen) atoms. The summed E-state index contributed by atoms with van der Waals surface area (Å²) in [4.78, 5) is 12.4. The van der Waals surface area contributed by atoms with Crippen LogP contribution >= 0.6 is 11.6 Å². The molecule has 0 aromatic heterocycles. The van der Waals surface area contributed by atoms with Crippen LogP contribution in [0.2, 0.25) is 5.02 Å². The van der Waals surface area contributed by atoms with Crippen LogP contribution < -0.4 is 5.32 Å². The Balaban J connectivity index is 2.18. The predicted octanol–water partition coefficient (Wildman–Crippen LogP) is 4.32. The molecule has 0 radical (unpaired) electrons. The van der Waals surface area contributed by atoms with Crippen LogP contribution in [0.15, 0.2) is 36.4 Å². The summed E-state index contributed by atoms with van der Waals surface area (Å²) in [6, 6.07) is 7.36. The van der Waals surface area contributed by atoms with Crippen molar-refractivity contribution in [1.82, 2.24) is 0 Å². The van der Waals surface area contributed by atoms with E-state index in [1.807, 2.05) is 0 Å². The molecule has 2 N–H and O–H groups in total. The van der Waals surface area contributed by atoms with E-state index in [0.717, 1.165) is 12.1 Å². The number of hydrogen-bond donors (Lipinski definition) is 2. The second-order valence-electron chi connectivity index (χ2n) is 5.50. The van der Waals surface area contributed by atoms with Gasteiger partial charge in [0.15, 0.2) is 0 Å². The van der Waals surface area contributed by atoms with E-state index in [0.29, 0.717) is 10.6 Å². The number of halogens is 4. The van der Waals surface area contributed by atoms with Crippen LogP contribution in [-0.2, 0) is 16.4 Å². The van der Waals surface area contributed by atoms with Crippen molar-refractivity contribution in [3.63, 3.8) is 0 Å². The van der Waals surface area contributed by atoms with Gasteiger partial charge in [-0.2, -0.15) is 13.2 Å². The van der Waals surface area contributed by atoms with Gasteiger partial charge in [0, 0.05) is 16.3 Å². The number of aromatic hydroxyl groups is 1. The van der Waals surface area contributed by atoms with Crippen molar-refractivity contribution >= 4 is 23.2 Å². The summed E-state index contributed by atoms with van der Waals surface area (Å²) >= 11 is 5.79. The number of benzene rings is 2. The number of hydrogen-bond acceptors (Lipinski definition) is 2. The van der Waals surface area contributed by atoms with Crippen LogP contribution in [0, 0.1) is 0 Å². The van der Waals surface area contributed by atoms with E-state index in [-0.39, 0.29) is 17.0 Å². The summed E-state index contributed by atoms with van der Waals surface area (Å²) < 4.78 is 38.4. The van der Waals surface area contributed by atoms with Crippen LogP contribution in [0.1, 0.15) is 23.6 Å². The monoisotopic (exact) mass is 341 g/mol. The molecule has 0 bridgehead atoms. The molecular weight excluding hydrogens is 331 g/mol. The number of alkyl halides is 3. The van der Waals surface area contributed by atoms with Crippen LogP contribution in [-0.4, -0.2) is 11.0 Å². The molecule has 0 spiro atoms. The molecule has 0 aliphatic carbocycles. The number of anilines is 1. The molecule has 1 atom stereocenters. The summed E-state index contributed by atoms with van der Waals surface area (Å²) in [5, 5.41) is 12.8. The van der Waals surface area contributed by atoms with Gasteiger partial charge in [0.25, 0.3) is 0 Å². The normalized spacial score (nSPS) is 20.3. The van der Waals surface area contributed by atoms with Gasteiger partial charge in [-0.05, 0) is 36.8 Å². The maximum absolute atomic E-state index is 12.8. The first-order valence-corrected chi connectivity index (χ1v) is 7.04. The minimum Gasteiger partial charge on any atom is -0.508 e. The van der Waals surface area contributed by atoms with Crippen molar-refractivity contribution in [1.29, 1.82) is 0 Å². The standard InChI is InChI=1S/C16H11ClF3NO2/c1-15(11-5-3-9(17)7-13(11)22)10-4-2-8(16(18,19)20)6-12(10)21-14(15)23/h2-7,22H,1H3,(H,21,23). The van der Waals surface area contributed by atoms with Crippen LogP contribution in [0.25, 0.3) is 0 Å². The van der Waals surface area contributed by atoms with E-state index < -0.39 is 23.1 Å². The first-order chi connectivity index (χ1) is 10.6. The zero-order chi connectivity index (χ0) is 17.0. The Labute approximate surface area is 134 Å². The van der Waals surface area contributed by atoms with Gasteiger partial charge in [0.1, 0.15) is 11.2 Å². The minimum atomic E-state index is -4.50. The molecule has 1 aliphatic heterocycles. The average Bonchev–Trinajstić information content (AvgIpc) is 2.69. The molecule has 2 aromatic carbocycles. The molecule has 1 amide bonds. The van der Waals surface area contributed by atoms with E-state index in [2.05, 4.69) is 5.32 Å². The Hall–Kier alpha value is -2.21. The van der Waals surface area contributed by atoms with Gasteiger partial charge in [0.05, 0.1) is 5.56 Å². The number of rotatable bonds is 1. The van der Waals surface area contributed by atoms with Crippen molar-refractivity contribution in [3.8, 4) is 5.75 Å². The first-order valence-electron chi connectivity index (χ1n) is 6.66. The smallest absolute Gasteiger partial charge is 0.416 e. The molecule has 3 nitrogen and oxygen atoms in total. The van der Waals surface area contributed by atoms with Crippen LogP contribution in [0.5, 0.6) is 5.75 Å². The first kappa shape index (κ1) is 15.7. The number of nitrogens with one attached hydrogen (secondary N) is 1. The number of fused-ring (bicyclic) bond motifs is 1. The third-order valence-corrected chi connectivity index (χ3v) is 4.32. The van der Waals surface area contributed by atoms with Gasteiger partial charge in [-0.3, -0.25) is 4.79 Å². The zero-order valence-electron chi connectivity index (χ0n) is 11.8. The van der Waals surface area contributed by atoms with Crippen LogP contribution in [0.4, 0.5) is 18.9 Å². The highest BCUT2D eigenvalue weighted by molar-refractivity contribution is 6.30. The Kier molecular flexibility index (Phi) is 3.33. The number of phenols is 1. The fourth-order valence-corrected chi connectivity index (χ4v) is 2.99. The SMILES string of the molecule is CC1(c2ccc(Cl)cc2O)C(=O)Nc2cc(C(F)(F)F)ccc21. The molecule has 1 aliphatic rings. The maximum Gasteiger partial charge on any atom is 0.416 e. The van der Waals surface area contributed by atoms with Crippen LogP contribution in [0.3, 0.4) is 0 Å². The highest BCUT2D eigenvalue weighted by Gasteiger charge is 2.46. The predicted molar refractivity (Wildman–Crippen MR) is 79.6 cm³/mol. The lowest BCUT2D eigenvalue weighted by Gasteiger charge is -2.24. The highest BCUT2D eigenvalue weighted by Crippen LogP contribution is 2.47. The number of phenolic OH excluding ortho intramolecular Hbond substituents is 1. The molecule has 3 rings (SSSR count). The fourth-order valence-electron chi connectivity index (χ4n) is 2.82. The highest BCUT2D eigenvalue weighted by atomic mass is 35.5. The molecule has 2 aromatic rings. The third kappa shape index (κ3) is 2.34. The summed E-state index contributed by atoms with van der Waals surface area (Å²) in [5.41, 5.74) is -1.41. The van der Waals surface area contributed by atoms with Gasteiger partial charge in [-0.1, -0.05) is 23.7 Å². The fraction of sp³-hybridized carbons (Fsp3) is 0.188. The Morgan fingerprint density at radius 1 is 1.13 bits per heavy atom. The lowest BCUT2D eigenvalue weighted by molar-refractivity contribution is -0.137. The summed E-state index contributed by atoms with van der Waals surface area (Å²) in [6.45, 7) is 1.55. The van der Waals surface area contributed by atoms with Gasteiger partial charge < -0.3 is 10.4 Å². The molecular formula is C16H11ClF3NO2. The second-order valence-corrected chi connectivity index (χ2v) is 5.94. The molecule has 120 valence electrons. The molecule has 1 heterocycles. The molecule has 0 saturated heterocycles. The van der Waals surface area contributed by atoms with E-state index in [1.54, 1.807) is 6.92 Å². The van der Waals surface area contributed by atoms with Crippen molar-refractivity contribution in [2.75, 3.05) is 5.32 Å². The zero-order valence-corrected chi connectivity index (χ0v) is 12.6. The molecule has 1 unspecified atom stereocenters. The largest absolute Gasteiger partial charge is 0.508 e. The topological polar surface area (TPSA) is 49.3 Å². The van der Waals surface area contributed by atoms with E-state index >= 15 is 0 Å². The van der Waals surface area contributed by atoms with Gasteiger partial charge in [-0.25, -0.2) is 0 Å². The third-order valence-electron chi connectivity index (χ3n) is 4.09. The Bertz CT molecular complexity index is 819. The number of amides is 1. The Morgan fingerprint density at radius 2 is 1.78 bits per heavy atom. The van der Waals surface area contributed by atoms with Crippen molar-refractivity contribution in [2.45, 2.75) is 18.5 Å². The summed E-state index contributed by atoms with van der Waals surface area (Å²) in [6.07, 6.45) is -4.50. The quantitative estimate of drug-likeness (QED) is 0.811. The van der Waals surface area contributed by atoms with E-state index in [1.165, 1.54) is 24.3 Å². The summed E-state index contributed by atoms with van der Waals surface area (Å²) in [5.74, 6) is -0.702. The van der Waals surface area contributed by atoms with Crippen molar-refractivity contribution < 1.29 is 23.1 Å². The van der Waals surface area contributed by atoms with Gasteiger partial charge in [-0.15, -0.1) is 0 Å². The molecule has 0 saturated carbocycles. The van der Waals surface area contributed by atoms with Gasteiger partial charge >= 0.3 is 6.18 Å². The maximum atomic E-state index is 12.8. The number of carbonyl (C=O) groups is 1. The number of carbonyl (C=O) groups excluding carboxylic acids is 1. The average molecular weight is 342 g/mol. The van der Waals surface area contributed by atoms with E-state index in [4.69, 9.17) is 11.6 Å². The lowest BCUT2D eigenvalue weighted by atomic mass is 9.76. The van der Waals surface area contributed by atoms with Crippen molar-refractivity contribution in [2.24, 2.45) is 0 Å². The molecule has 7 heteroatoms. The van der Waals surface area contributed by atoms with Gasteiger partial charge in [0.2, 0.25) is 5.91 Å². The molecule has 0 fully saturated rings. The minimum absolute atomic E-state index is 0.0849. The Morgan fingerprint density at radius 3 is 2.39 bits per heavy atom. The summed E-state index contributed by atoms with van der Waals surface area (Å²) in [7, 11) is 0.